The minimum atomic E-state index is -0.273. The average Bonchev–Trinajstić information content (AvgIpc) is 2.58. The Morgan fingerprint density at radius 2 is 1.84 bits per heavy atom. The lowest BCUT2D eigenvalue weighted by atomic mass is 9.44. The van der Waals surface area contributed by atoms with Gasteiger partial charge in [-0.3, -0.25) is 0 Å². The molecule has 0 saturated heterocycles. The van der Waals surface area contributed by atoms with Crippen molar-refractivity contribution in [3.05, 3.63) is 12.7 Å². The van der Waals surface area contributed by atoms with Crippen LogP contribution in [0.4, 0.5) is 0 Å². The highest BCUT2D eigenvalue weighted by molar-refractivity contribution is 7.99. The van der Waals surface area contributed by atoms with E-state index in [9.17, 15) is 4.79 Å². The van der Waals surface area contributed by atoms with Crippen molar-refractivity contribution < 1.29 is 14.3 Å². The zero-order valence-electron chi connectivity index (χ0n) is 15.8. The van der Waals surface area contributed by atoms with E-state index < -0.39 is 0 Å². The fraction of sp³-hybridized carbons (Fsp3) is 0.857. The first-order valence-corrected chi connectivity index (χ1v) is 11.2. The van der Waals surface area contributed by atoms with E-state index in [1.165, 1.54) is 62.5 Å². The molecule has 0 aromatic carbocycles. The van der Waals surface area contributed by atoms with Crippen LogP contribution in [0.15, 0.2) is 12.7 Å². The fourth-order valence-corrected chi connectivity index (χ4v) is 6.88. The van der Waals surface area contributed by atoms with Crippen molar-refractivity contribution in [3.8, 4) is 0 Å². The summed E-state index contributed by atoms with van der Waals surface area (Å²) >= 11 is 2.04. The predicted molar refractivity (Wildman–Crippen MR) is 104 cm³/mol. The zero-order valence-corrected chi connectivity index (χ0v) is 16.6. The Bertz CT molecular complexity index is 462. The van der Waals surface area contributed by atoms with Gasteiger partial charge in [-0.15, -0.1) is 0 Å². The van der Waals surface area contributed by atoms with Gasteiger partial charge >= 0.3 is 5.97 Å². The molecule has 4 aliphatic rings. The first-order valence-electron chi connectivity index (χ1n) is 10.0. The van der Waals surface area contributed by atoms with Gasteiger partial charge in [0.05, 0.1) is 13.2 Å². The standard InChI is InChI=1S/C21H34O3S/c1-3-7-25-8-5-6-23-15-20-10-17-9-18(11-20)13-21(12-17,14-20)16-24-19(22)4-2/h4,17-18H,2-3,5-16H2,1H3. The van der Waals surface area contributed by atoms with E-state index in [1.54, 1.807) is 0 Å². The van der Waals surface area contributed by atoms with Crippen molar-refractivity contribution in [2.45, 2.75) is 58.3 Å². The highest BCUT2D eigenvalue weighted by Crippen LogP contribution is 2.65. The summed E-state index contributed by atoms with van der Waals surface area (Å²) in [6.45, 7) is 8.15. The van der Waals surface area contributed by atoms with E-state index in [1.807, 2.05) is 11.8 Å². The van der Waals surface area contributed by atoms with Gasteiger partial charge in [0.2, 0.25) is 0 Å². The summed E-state index contributed by atoms with van der Waals surface area (Å²) in [6, 6.07) is 0. The Hall–Kier alpha value is -0.480. The molecule has 4 bridgehead atoms. The number of esters is 1. The number of hydrogen-bond acceptors (Lipinski definition) is 4. The van der Waals surface area contributed by atoms with Crippen LogP contribution in [-0.2, 0) is 14.3 Å². The molecule has 142 valence electrons. The molecule has 2 unspecified atom stereocenters. The van der Waals surface area contributed by atoms with Crippen molar-refractivity contribution in [2.75, 3.05) is 31.3 Å². The first-order chi connectivity index (χ1) is 12.1. The Morgan fingerprint density at radius 1 is 1.16 bits per heavy atom. The van der Waals surface area contributed by atoms with E-state index in [0.29, 0.717) is 12.0 Å². The third-order valence-corrected chi connectivity index (χ3v) is 7.60. The molecule has 0 radical (unpaired) electrons. The average molecular weight is 367 g/mol. The third-order valence-electron chi connectivity index (χ3n) is 6.32. The maximum Gasteiger partial charge on any atom is 0.330 e. The topological polar surface area (TPSA) is 35.5 Å². The van der Waals surface area contributed by atoms with E-state index >= 15 is 0 Å². The lowest BCUT2D eigenvalue weighted by Crippen LogP contribution is -2.55. The molecule has 0 N–H and O–H groups in total. The van der Waals surface area contributed by atoms with Crippen molar-refractivity contribution >= 4 is 17.7 Å². The normalized spacial score (nSPS) is 35.7. The van der Waals surface area contributed by atoms with E-state index in [4.69, 9.17) is 9.47 Å². The molecule has 0 amide bonds. The molecule has 4 saturated carbocycles. The van der Waals surface area contributed by atoms with Crippen LogP contribution in [0.2, 0.25) is 0 Å². The third kappa shape index (κ3) is 4.82. The molecule has 0 aliphatic heterocycles. The maximum absolute atomic E-state index is 11.5. The van der Waals surface area contributed by atoms with Gasteiger partial charge in [0.15, 0.2) is 0 Å². The Labute approximate surface area is 157 Å². The van der Waals surface area contributed by atoms with Crippen LogP contribution >= 0.6 is 11.8 Å². The monoisotopic (exact) mass is 366 g/mol. The van der Waals surface area contributed by atoms with Crippen molar-refractivity contribution in [1.82, 2.24) is 0 Å². The Balaban J connectivity index is 1.50. The molecule has 4 rings (SSSR count). The molecular formula is C21H34O3S. The van der Waals surface area contributed by atoms with Gasteiger partial charge in [-0.1, -0.05) is 13.5 Å². The number of ether oxygens (including phenoxy) is 2. The number of hydrogen-bond donors (Lipinski definition) is 0. The van der Waals surface area contributed by atoms with Crippen LogP contribution in [0.5, 0.6) is 0 Å². The molecule has 4 fully saturated rings. The molecule has 0 heterocycles. The SMILES string of the molecule is C=CC(=O)OCC12CC3CC(CC(COCCCSCCC)(C3)C1)C2. The minimum absolute atomic E-state index is 0.211. The van der Waals surface area contributed by atoms with Crippen LogP contribution in [0.3, 0.4) is 0 Å². The highest BCUT2D eigenvalue weighted by atomic mass is 32.2. The molecule has 4 heteroatoms. The summed E-state index contributed by atoms with van der Waals surface area (Å²) in [5.74, 6) is 3.83. The fourth-order valence-electron chi connectivity index (χ4n) is 6.07. The lowest BCUT2D eigenvalue weighted by Gasteiger charge is -2.61. The quantitative estimate of drug-likeness (QED) is 0.297. The van der Waals surface area contributed by atoms with Gasteiger partial charge in [0.25, 0.3) is 0 Å². The van der Waals surface area contributed by atoms with Crippen LogP contribution in [0.25, 0.3) is 0 Å². The zero-order chi connectivity index (χ0) is 17.8. The number of thioether (sulfide) groups is 1. The Kier molecular flexibility index (Phi) is 6.54. The second kappa shape index (κ2) is 8.47. The van der Waals surface area contributed by atoms with E-state index in [-0.39, 0.29) is 11.4 Å². The molecular weight excluding hydrogens is 332 g/mol. The second-order valence-corrected chi connectivity index (χ2v) is 10.0. The molecule has 25 heavy (non-hydrogen) atoms. The second-order valence-electron chi connectivity index (χ2n) is 8.79. The molecule has 0 spiro atoms. The highest BCUT2D eigenvalue weighted by Gasteiger charge is 2.58. The molecule has 2 atom stereocenters. The molecule has 0 aromatic rings. The van der Waals surface area contributed by atoms with Gasteiger partial charge in [-0.2, -0.15) is 11.8 Å². The Morgan fingerprint density at radius 3 is 2.48 bits per heavy atom. The van der Waals surface area contributed by atoms with Crippen molar-refractivity contribution in [3.63, 3.8) is 0 Å². The lowest BCUT2D eigenvalue weighted by molar-refractivity contribution is -0.170. The minimum Gasteiger partial charge on any atom is -0.462 e. The van der Waals surface area contributed by atoms with Crippen molar-refractivity contribution in [2.24, 2.45) is 22.7 Å². The smallest absolute Gasteiger partial charge is 0.330 e. The summed E-state index contributed by atoms with van der Waals surface area (Å²) in [5.41, 5.74) is 0.560. The summed E-state index contributed by atoms with van der Waals surface area (Å²) in [5, 5.41) is 0. The maximum atomic E-state index is 11.5. The summed E-state index contributed by atoms with van der Waals surface area (Å²) in [4.78, 5) is 11.5. The van der Waals surface area contributed by atoms with Crippen LogP contribution in [0, 0.1) is 22.7 Å². The van der Waals surface area contributed by atoms with E-state index in [2.05, 4.69) is 13.5 Å². The molecule has 4 aliphatic carbocycles. The van der Waals surface area contributed by atoms with E-state index in [0.717, 1.165) is 31.5 Å². The summed E-state index contributed by atoms with van der Waals surface area (Å²) < 4.78 is 11.7. The van der Waals surface area contributed by atoms with Gasteiger partial charge in [-0.05, 0) is 80.1 Å². The largest absolute Gasteiger partial charge is 0.462 e. The predicted octanol–water partition coefficient (Wildman–Crippen LogP) is 4.85. The van der Waals surface area contributed by atoms with Gasteiger partial charge < -0.3 is 9.47 Å². The first kappa shape index (κ1) is 19.3. The number of carbonyl (C=O) groups is 1. The van der Waals surface area contributed by atoms with Gasteiger partial charge in [0.1, 0.15) is 0 Å². The molecule has 3 nitrogen and oxygen atoms in total. The summed E-state index contributed by atoms with van der Waals surface area (Å²) in [7, 11) is 0. The van der Waals surface area contributed by atoms with Crippen molar-refractivity contribution in [1.29, 1.82) is 0 Å². The number of carbonyl (C=O) groups excluding carboxylic acids is 1. The van der Waals surface area contributed by atoms with Crippen LogP contribution in [0.1, 0.15) is 58.3 Å². The van der Waals surface area contributed by atoms with Crippen LogP contribution < -0.4 is 0 Å². The summed E-state index contributed by atoms with van der Waals surface area (Å²) in [6.07, 6.45) is 11.4. The number of rotatable bonds is 11. The van der Waals surface area contributed by atoms with Gasteiger partial charge in [0, 0.05) is 18.1 Å². The molecule has 0 aromatic heterocycles. The van der Waals surface area contributed by atoms with Gasteiger partial charge in [-0.25, -0.2) is 4.79 Å². The van der Waals surface area contributed by atoms with Crippen LogP contribution in [-0.4, -0.2) is 37.3 Å².